The van der Waals surface area contributed by atoms with E-state index in [0.717, 1.165) is 25.4 Å². The van der Waals surface area contributed by atoms with Gasteiger partial charge in [0.25, 0.3) is 0 Å². The first-order chi connectivity index (χ1) is 6.83. The lowest BCUT2D eigenvalue weighted by Gasteiger charge is -2.13. The third-order valence-corrected chi connectivity index (χ3v) is 4.31. The minimum atomic E-state index is 0.431. The number of carbonyl (C=O) groups excluding carboxylic acids is 1. The molecule has 0 saturated heterocycles. The van der Waals surface area contributed by atoms with E-state index in [4.69, 9.17) is 4.74 Å². The Kier molecular flexibility index (Phi) is 1.94. The number of rotatable bonds is 4. The zero-order chi connectivity index (χ0) is 9.71. The summed E-state index contributed by atoms with van der Waals surface area (Å²) in [5.74, 6) is 3.04. The summed E-state index contributed by atoms with van der Waals surface area (Å²) in [6.07, 6.45) is 4.83. The molecule has 3 rings (SSSR count). The molecule has 0 radical (unpaired) electrons. The SMILES string of the molecule is CCCCO[C@H]1C[C@@H]2CC(=O)C3C1[C@@H]32. The van der Waals surface area contributed by atoms with Crippen LogP contribution in [0.4, 0.5) is 0 Å². The maximum Gasteiger partial charge on any atom is 0.136 e. The highest BCUT2D eigenvalue weighted by Gasteiger charge is 2.70. The van der Waals surface area contributed by atoms with Crippen LogP contribution in [0.2, 0.25) is 0 Å². The molecule has 78 valence electrons. The fraction of sp³-hybridized carbons (Fsp3) is 0.917. The number of ether oxygens (including phenoxy) is 1. The standard InChI is InChI=1S/C12H18O2/c1-2-3-4-14-9-6-7-5-8(13)11-10(7)12(9)11/h7,9-12H,2-6H2,1H3/t7-,9-,10+,11?,12?/m0/s1. The van der Waals surface area contributed by atoms with Gasteiger partial charge < -0.3 is 4.74 Å². The van der Waals surface area contributed by atoms with Crippen LogP contribution >= 0.6 is 0 Å². The molecule has 3 fully saturated rings. The summed E-state index contributed by atoms with van der Waals surface area (Å²) in [4.78, 5) is 11.5. The lowest BCUT2D eigenvalue weighted by Crippen LogP contribution is -2.15. The van der Waals surface area contributed by atoms with Crippen LogP contribution in [0.1, 0.15) is 32.6 Å². The maximum atomic E-state index is 11.5. The molecule has 14 heavy (non-hydrogen) atoms. The topological polar surface area (TPSA) is 26.3 Å². The second kappa shape index (κ2) is 3.06. The van der Waals surface area contributed by atoms with Crippen molar-refractivity contribution in [3.8, 4) is 0 Å². The first-order valence-electron chi connectivity index (χ1n) is 5.97. The molecule has 2 unspecified atom stereocenters. The Morgan fingerprint density at radius 2 is 2.29 bits per heavy atom. The highest BCUT2D eigenvalue weighted by Crippen LogP contribution is 2.67. The lowest BCUT2D eigenvalue weighted by atomic mass is 10.1. The van der Waals surface area contributed by atoms with Crippen LogP contribution in [0, 0.1) is 23.7 Å². The highest BCUT2D eigenvalue weighted by atomic mass is 16.5. The minimum absolute atomic E-state index is 0.431. The first-order valence-corrected chi connectivity index (χ1v) is 5.97. The first kappa shape index (κ1) is 8.90. The minimum Gasteiger partial charge on any atom is -0.378 e. The van der Waals surface area contributed by atoms with Gasteiger partial charge in [-0.25, -0.2) is 0 Å². The molecule has 5 atom stereocenters. The predicted octanol–water partition coefficient (Wildman–Crippen LogP) is 2.03. The molecular weight excluding hydrogens is 176 g/mol. The number of carbonyl (C=O) groups is 1. The Morgan fingerprint density at radius 1 is 1.43 bits per heavy atom. The number of ketones is 1. The van der Waals surface area contributed by atoms with Gasteiger partial charge in [0, 0.05) is 18.9 Å². The lowest BCUT2D eigenvalue weighted by molar-refractivity contribution is -0.119. The van der Waals surface area contributed by atoms with Crippen molar-refractivity contribution in [3.63, 3.8) is 0 Å². The van der Waals surface area contributed by atoms with Crippen LogP contribution in [0.3, 0.4) is 0 Å². The molecular formula is C12H18O2. The predicted molar refractivity (Wildman–Crippen MR) is 52.8 cm³/mol. The summed E-state index contributed by atoms with van der Waals surface area (Å²) in [6, 6.07) is 0. The monoisotopic (exact) mass is 194 g/mol. The molecule has 2 nitrogen and oxygen atoms in total. The Bertz CT molecular complexity index is 261. The quantitative estimate of drug-likeness (QED) is 0.640. The second-order valence-corrected chi connectivity index (χ2v) is 5.11. The zero-order valence-electron chi connectivity index (χ0n) is 8.74. The number of Topliss-reactive ketones (excluding diaryl/α,β-unsaturated/α-hetero) is 1. The maximum absolute atomic E-state index is 11.5. The van der Waals surface area contributed by atoms with Crippen molar-refractivity contribution in [2.24, 2.45) is 23.7 Å². The van der Waals surface area contributed by atoms with Crippen molar-refractivity contribution in [1.82, 2.24) is 0 Å². The van der Waals surface area contributed by atoms with E-state index in [2.05, 4.69) is 6.92 Å². The van der Waals surface area contributed by atoms with Gasteiger partial charge in [0.1, 0.15) is 5.78 Å². The molecule has 0 aromatic carbocycles. The molecule has 0 N–H and O–H groups in total. The van der Waals surface area contributed by atoms with Gasteiger partial charge in [0.15, 0.2) is 0 Å². The van der Waals surface area contributed by atoms with E-state index in [1.54, 1.807) is 0 Å². The molecule has 0 bridgehead atoms. The third-order valence-electron chi connectivity index (χ3n) is 4.31. The summed E-state index contributed by atoms with van der Waals surface area (Å²) in [5, 5.41) is 0. The van der Waals surface area contributed by atoms with Gasteiger partial charge in [-0.3, -0.25) is 4.79 Å². The van der Waals surface area contributed by atoms with Crippen LogP contribution in [0.25, 0.3) is 0 Å². The largest absolute Gasteiger partial charge is 0.378 e. The van der Waals surface area contributed by atoms with Crippen molar-refractivity contribution in [3.05, 3.63) is 0 Å². The van der Waals surface area contributed by atoms with Crippen LogP contribution in [-0.2, 0) is 9.53 Å². The van der Waals surface area contributed by atoms with Gasteiger partial charge in [-0.15, -0.1) is 0 Å². The fourth-order valence-electron chi connectivity index (χ4n) is 3.66. The van der Waals surface area contributed by atoms with Crippen molar-refractivity contribution < 1.29 is 9.53 Å². The fourth-order valence-corrected chi connectivity index (χ4v) is 3.66. The van der Waals surface area contributed by atoms with Crippen molar-refractivity contribution in [2.45, 2.75) is 38.7 Å². The molecule has 0 aromatic rings. The molecule has 0 heterocycles. The van der Waals surface area contributed by atoms with Crippen LogP contribution < -0.4 is 0 Å². The van der Waals surface area contributed by atoms with Crippen LogP contribution in [-0.4, -0.2) is 18.5 Å². The molecule has 0 aromatic heterocycles. The second-order valence-electron chi connectivity index (χ2n) is 5.11. The Balaban J connectivity index is 1.57. The molecule has 2 heteroatoms. The van der Waals surface area contributed by atoms with E-state index >= 15 is 0 Å². The van der Waals surface area contributed by atoms with E-state index in [1.807, 2.05) is 0 Å². The number of hydrogen-bond donors (Lipinski definition) is 0. The van der Waals surface area contributed by atoms with Crippen molar-refractivity contribution in [1.29, 1.82) is 0 Å². The van der Waals surface area contributed by atoms with Gasteiger partial charge in [-0.2, -0.15) is 0 Å². The van der Waals surface area contributed by atoms with E-state index in [0.29, 0.717) is 29.6 Å². The van der Waals surface area contributed by atoms with E-state index in [1.165, 1.54) is 12.8 Å². The van der Waals surface area contributed by atoms with Gasteiger partial charge in [0.2, 0.25) is 0 Å². The Hall–Kier alpha value is -0.370. The number of hydrogen-bond acceptors (Lipinski definition) is 2. The summed E-state index contributed by atoms with van der Waals surface area (Å²) < 4.78 is 5.87. The Labute approximate surface area is 85.0 Å². The van der Waals surface area contributed by atoms with Gasteiger partial charge in [0.05, 0.1) is 6.10 Å². The average molecular weight is 194 g/mol. The van der Waals surface area contributed by atoms with E-state index < -0.39 is 0 Å². The van der Waals surface area contributed by atoms with E-state index in [-0.39, 0.29) is 0 Å². The van der Waals surface area contributed by atoms with Crippen LogP contribution in [0.5, 0.6) is 0 Å². The number of unbranched alkanes of at least 4 members (excludes halogenated alkanes) is 1. The van der Waals surface area contributed by atoms with E-state index in [9.17, 15) is 4.79 Å². The number of fused-ring (bicyclic) bond motifs is 1. The molecule has 3 saturated carbocycles. The third kappa shape index (κ3) is 1.10. The molecule has 0 spiro atoms. The summed E-state index contributed by atoms with van der Waals surface area (Å²) in [7, 11) is 0. The van der Waals surface area contributed by atoms with Gasteiger partial charge >= 0.3 is 0 Å². The van der Waals surface area contributed by atoms with Gasteiger partial charge in [-0.05, 0) is 30.6 Å². The zero-order valence-corrected chi connectivity index (χ0v) is 8.74. The normalized spacial score (nSPS) is 48.4. The Morgan fingerprint density at radius 3 is 2.93 bits per heavy atom. The molecule has 3 aliphatic rings. The molecule has 3 aliphatic carbocycles. The molecule has 0 amide bonds. The smallest absolute Gasteiger partial charge is 0.136 e. The average Bonchev–Trinajstić information content (AvgIpc) is 2.74. The van der Waals surface area contributed by atoms with Crippen molar-refractivity contribution in [2.75, 3.05) is 6.61 Å². The van der Waals surface area contributed by atoms with Crippen molar-refractivity contribution >= 4 is 5.78 Å². The van der Waals surface area contributed by atoms with Gasteiger partial charge in [-0.1, -0.05) is 13.3 Å². The summed E-state index contributed by atoms with van der Waals surface area (Å²) in [6.45, 7) is 3.09. The summed E-state index contributed by atoms with van der Waals surface area (Å²) in [5.41, 5.74) is 0. The van der Waals surface area contributed by atoms with Crippen LogP contribution in [0.15, 0.2) is 0 Å². The highest BCUT2D eigenvalue weighted by molar-refractivity contribution is 5.88. The summed E-state index contributed by atoms with van der Waals surface area (Å²) >= 11 is 0. The molecule has 0 aliphatic heterocycles.